The first kappa shape index (κ1) is 17.4. The number of nitro groups is 1. The number of rotatable bonds is 4. The Morgan fingerprint density at radius 2 is 2.04 bits per heavy atom. The lowest BCUT2D eigenvalue weighted by molar-refractivity contribution is -0.462. The summed E-state index contributed by atoms with van der Waals surface area (Å²) < 4.78 is -0.136. The van der Waals surface area contributed by atoms with Gasteiger partial charge in [-0.25, -0.2) is 0 Å². The van der Waals surface area contributed by atoms with E-state index in [9.17, 15) is 25.1 Å². The number of non-ortho nitro benzene ring substituents is 1. The Labute approximate surface area is 150 Å². The minimum absolute atomic E-state index is 0.136. The summed E-state index contributed by atoms with van der Waals surface area (Å²) in [7, 11) is 0. The van der Waals surface area contributed by atoms with Gasteiger partial charge in [0.1, 0.15) is 5.56 Å². The van der Waals surface area contributed by atoms with Crippen molar-refractivity contribution >= 4 is 17.9 Å². The van der Waals surface area contributed by atoms with Crippen molar-refractivity contribution in [3.05, 3.63) is 71.9 Å². The standard InChI is InChI=1S/C15H13N5O5S/c1-6-9(14(23)19-18-6)10(7-3-2-4-8(5-7)20(24)25)11-12(21)16-15(26)17-13(11)22/h2-5,10H,1H3,(H2,18,19,23)(H3,16,17,21,22,26)/t10-/m1/s1. The summed E-state index contributed by atoms with van der Waals surface area (Å²) in [4.78, 5) is 27.6. The highest BCUT2D eigenvalue weighted by atomic mass is 32.1. The van der Waals surface area contributed by atoms with E-state index in [1.165, 1.54) is 24.3 Å². The van der Waals surface area contributed by atoms with Gasteiger partial charge in [-0.15, -0.1) is 0 Å². The number of aromatic amines is 4. The molecule has 1 atom stereocenters. The molecule has 0 unspecified atom stereocenters. The molecule has 2 aromatic heterocycles. The number of nitrogens with zero attached hydrogens (tertiary/aromatic N) is 1. The van der Waals surface area contributed by atoms with Gasteiger partial charge in [-0.05, 0) is 30.6 Å². The number of hydrogen-bond donors (Lipinski definition) is 4. The van der Waals surface area contributed by atoms with Gasteiger partial charge in [0.25, 0.3) is 11.2 Å². The first-order valence-corrected chi connectivity index (χ1v) is 7.77. The Morgan fingerprint density at radius 1 is 1.31 bits per heavy atom. The van der Waals surface area contributed by atoms with E-state index in [1.807, 2.05) is 0 Å². The lowest BCUT2D eigenvalue weighted by Crippen LogP contribution is -2.23. The maximum atomic E-state index is 12.4. The smallest absolute Gasteiger partial charge is 0.393 e. The third-order valence-electron chi connectivity index (χ3n) is 3.96. The Kier molecular flexibility index (Phi) is 4.30. The molecule has 5 N–H and O–H groups in total. The minimum Gasteiger partial charge on any atom is -0.860 e. The Bertz CT molecular complexity index is 1100. The second kappa shape index (κ2) is 6.44. The highest BCUT2D eigenvalue weighted by Crippen LogP contribution is 2.38. The van der Waals surface area contributed by atoms with Gasteiger partial charge in [-0.2, -0.15) is 5.10 Å². The first-order chi connectivity index (χ1) is 12.3. The van der Waals surface area contributed by atoms with Crippen molar-refractivity contribution in [3.63, 3.8) is 0 Å². The van der Waals surface area contributed by atoms with Crippen molar-refractivity contribution < 1.29 is 20.2 Å². The molecule has 0 aliphatic carbocycles. The van der Waals surface area contributed by atoms with E-state index in [0.29, 0.717) is 11.3 Å². The highest BCUT2D eigenvalue weighted by Gasteiger charge is 2.31. The first-order valence-electron chi connectivity index (χ1n) is 7.36. The SMILES string of the molecule is Cc1[nH][nH+]c(O)c1[C@@H](c1cccc([N+](=O)[O-])c1)c1c([O-])[nH]c(=S)[nH]c1=O. The third kappa shape index (κ3) is 2.95. The summed E-state index contributed by atoms with van der Waals surface area (Å²) >= 11 is 4.79. The monoisotopic (exact) mass is 375 g/mol. The number of aromatic hydroxyl groups is 1. The number of hydrogen-bond acceptors (Lipinski definition) is 6. The van der Waals surface area contributed by atoms with Crippen LogP contribution in [0.1, 0.15) is 28.3 Å². The van der Waals surface area contributed by atoms with Crippen LogP contribution < -0.4 is 15.8 Å². The van der Waals surface area contributed by atoms with E-state index in [2.05, 4.69) is 20.2 Å². The molecule has 0 saturated heterocycles. The Hall–Kier alpha value is -3.47. The second-order valence-corrected chi connectivity index (χ2v) is 5.98. The second-order valence-electron chi connectivity index (χ2n) is 5.57. The van der Waals surface area contributed by atoms with E-state index in [4.69, 9.17) is 12.2 Å². The van der Waals surface area contributed by atoms with Gasteiger partial charge in [-0.3, -0.25) is 19.9 Å². The zero-order valence-corrected chi connectivity index (χ0v) is 14.1. The van der Waals surface area contributed by atoms with Crippen molar-refractivity contribution in [2.45, 2.75) is 12.8 Å². The molecule has 11 heteroatoms. The van der Waals surface area contributed by atoms with Crippen LogP contribution in [0.25, 0.3) is 0 Å². The molecule has 10 nitrogen and oxygen atoms in total. The van der Waals surface area contributed by atoms with Gasteiger partial charge in [0.05, 0.1) is 16.5 Å². The zero-order valence-electron chi connectivity index (χ0n) is 13.3. The van der Waals surface area contributed by atoms with E-state index < -0.39 is 22.3 Å². The fraction of sp³-hybridized carbons (Fsp3) is 0.133. The Balaban J connectivity index is 2.36. The number of nitro benzene ring substituents is 1. The largest absolute Gasteiger partial charge is 0.860 e. The molecule has 0 spiro atoms. The lowest BCUT2D eigenvalue weighted by atomic mass is 9.85. The van der Waals surface area contributed by atoms with E-state index in [1.54, 1.807) is 6.92 Å². The minimum atomic E-state index is -1.06. The van der Waals surface area contributed by atoms with Crippen LogP contribution in [0.15, 0.2) is 29.1 Å². The molecule has 0 aliphatic heterocycles. The average Bonchev–Trinajstić information content (AvgIpc) is 2.89. The molecule has 134 valence electrons. The van der Waals surface area contributed by atoms with Gasteiger partial charge in [0.15, 0.2) is 4.77 Å². The fourth-order valence-electron chi connectivity index (χ4n) is 2.85. The van der Waals surface area contributed by atoms with Crippen LogP contribution in [-0.2, 0) is 0 Å². The molecule has 0 aliphatic rings. The predicted octanol–water partition coefficient (Wildman–Crippen LogP) is 0.751. The van der Waals surface area contributed by atoms with Crippen LogP contribution in [0.3, 0.4) is 0 Å². The molecule has 2 heterocycles. The van der Waals surface area contributed by atoms with Crippen LogP contribution in [0, 0.1) is 21.8 Å². The zero-order chi connectivity index (χ0) is 19.0. The maximum Gasteiger partial charge on any atom is 0.393 e. The van der Waals surface area contributed by atoms with Crippen LogP contribution in [0.2, 0.25) is 0 Å². The quantitative estimate of drug-likeness (QED) is 0.298. The van der Waals surface area contributed by atoms with E-state index >= 15 is 0 Å². The van der Waals surface area contributed by atoms with Crippen LogP contribution >= 0.6 is 12.2 Å². The topological polar surface area (TPSA) is 165 Å². The fourth-order valence-corrected chi connectivity index (χ4v) is 3.04. The Morgan fingerprint density at radius 3 is 2.62 bits per heavy atom. The number of nitrogens with one attached hydrogen (secondary N) is 4. The molecule has 1 aromatic carbocycles. The van der Waals surface area contributed by atoms with Crippen molar-refractivity contribution in [2.24, 2.45) is 0 Å². The molecule has 0 bridgehead atoms. The normalized spacial score (nSPS) is 12.0. The highest BCUT2D eigenvalue weighted by molar-refractivity contribution is 7.71. The molecular weight excluding hydrogens is 362 g/mol. The average molecular weight is 375 g/mol. The maximum absolute atomic E-state index is 12.4. The number of aryl methyl sites for hydroxylation is 1. The van der Waals surface area contributed by atoms with Crippen molar-refractivity contribution in [3.8, 4) is 11.8 Å². The van der Waals surface area contributed by atoms with Crippen molar-refractivity contribution in [2.75, 3.05) is 0 Å². The molecule has 0 fully saturated rings. The summed E-state index contributed by atoms with van der Waals surface area (Å²) in [5.41, 5.74) is -0.227. The van der Waals surface area contributed by atoms with Gasteiger partial charge >= 0.3 is 5.88 Å². The summed E-state index contributed by atoms with van der Waals surface area (Å²) in [6, 6.07) is 5.51. The number of H-pyrrole nitrogens is 4. The van der Waals surface area contributed by atoms with Gasteiger partial charge in [-0.1, -0.05) is 17.2 Å². The predicted molar refractivity (Wildman–Crippen MR) is 89.5 cm³/mol. The summed E-state index contributed by atoms with van der Waals surface area (Å²) in [6.07, 6.45) is 0. The van der Waals surface area contributed by atoms with E-state index in [-0.39, 0.29) is 27.5 Å². The molecule has 0 radical (unpaired) electrons. The van der Waals surface area contributed by atoms with Crippen LogP contribution in [0.4, 0.5) is 5.69 Å². The molecule has 3 aromatic rings. The molecule has 0 saturated carbocycles. The number of benzene rings is 1. The van der Waals surface area contributed by atoms with Crippen LogP contribution in [0.5, 0.6) is 11.8 Å². The lowest BCUT2D eigenvalue weighted by Gasteiger charge is -2.21. The molecule has 0 amide bonds. The van der Waals surface area contributed by atoms with Crippen LogP contribution in [-0.4, -0.2) is 25.1 Å². The summed E-state index contributed by atoms with van der Waals surface area (Å²) in [5.74, 6) is -2.09. The molecule has 26 heavy (non-hydrogen) atoms. The summed E-state index contributed by atoms with van der Waals surface area (Å²) in [5, 5.41) is 38.9. The third-order valence-corrected chi connectivity index (χ3v) is 4.17. The van der Waals surface area contributed by atoms with Crippen molar-refractivity contribution in [1.29, 1.82) is 0 Å². The van der Waals surface area contributed by atoms with Gasteiger partial charge in [0.2, 0.25) is 0 Å². The van der Waals surface area contributed by atoms with Gasteiger partial charge in [0, 0.05) is 17.7 Å². The van der Waals surface area contributed by atoms with Gasteiger partial charge < -0.3 is 15.2 Å². The van der Waals surface area contributed by atoms with Crippen molar-refractivity contribution in [1.82, 2.24) is 15.1 Å². The summed E-state index contributed by atoms with van der Waals surface area (Å²) in [6.45, 7) is 1.62. The number of aromatic nitrogens is 4. The molecular formula is C15H13N5O5S. The molecule has 3 rings (SSSR count). The van der Waals surface area contributed by atoms with E-state index in [0.717, 1.165) is 0 Å².